The number of aromatic nitrogens is 2. The number of aryl methyl sites for hydroxylation is 2. The van der Waals surface area contributed by atoms with Crippen LogP contribution in [0.25, 0.3) is 11.5 Å². The molecular formula is C19H21N3O2S. The normalized spacial score (nSPS) is 12.1. The van der Waals surface area contributed by atoms with Crippen LogP contribution >= 0.6 is 11.3 Å². The van der Waals surface area contributed by atoms with Gasteiger partial charge in [0.15, 0.2) is 0 Å². The second-order valence-electron chi connectivity index (χ2n) is 5.95. The molecule has 0 aliphatic heterocycles. The second-order valence-corrected chi connectivity index (χ2v) is 6.73. The SMILES string of the molecule is CCC(NC(=O)CCc1nnc(-c2ccsc2)o1)c1ccc(C)cc1. The summed E-state index contributed by atoms with van der Waals surface area (Å²) in [7, 11) is 0. The van der Waals surface area contributed by atoms with Gasteiger partial charge >= 0.3 is 0 Å². The van der Waals surface area contributed by atoms with E-state index in [2.05, 4.69) is 53.6 Å². The molecule has 0 radical (unpaired) electrons. The predicted octanol–water partition coefficient (Wildman–Crippen LogP) is 4.31. The first kappa shape index (κ1) is 17.4. The molecule has 1 atom stereocenters. The number of thiophene rings is 1. The van der Waals surface area contributed by atoms with E-state index in [9.17, 15) is 4.79 Å². The van der Waals surface area contributed by atoms with E-state index in [0.29, 0.717) is 24.6 Å². The molecule has 0 bridgehead atoms. The Hall–Kier alpha value is -2.47. The first-order valence-electron chi connectivity index (χ1n) is 8.36. The summed E-state index contributed by atoms with van der Waals surface area (Å²) >= 11 is 1.58. The van der Waals surface area contributed by atoms with E-state index in [1.165, 1.54) is 5.56 Å². The van der Waals surface area contributed by atoms with Gasteiger partial charge in [-0.2, -0.15) is 11.3 Å². The fraction of sp³-hybridized carbons (Fsp3) is 0.316. The van der Waals surface area contributed by atoms with Gasteiger partial charge in [0, 0.05) is 23.8 Å². The van der Waals surface area contributed by atoms with Crippen LogP contribution in [0, 0.1) is 6.92 Å². The van der Waals surface area contributed by atoms with Crippen LogP contribution in [0.15, 0.2) is 45.5 Å². The molecule has 2 heterocycles. The summed E-state index contributed by atoms with van der Waals surface area (Å²) in [5.74, 6) is 0.977. The highest BCUT2D eigenvalue weighted by Crippen LogP contribution is 2.21. The summed E-state index contributed by atoms with van der Waals surface area (Å²) in [6.07, 6.45) is 1.61. The Morgan fingerprint density at radius 1 is 1.24 bits per heavy atom. The number of amides is 1. The van der Waals surface area contributed by atoms with Crippen molar-refractivity contribution >= 4 is 17.2 Å². The summed E-state index contributed by atoms with van der Waals surface area (Å²) in [6, 6.07) is 10.2. The van der Waals surface area contributed by atoms with Crippen molar-refractivity contribution in [3.8, 4) is 11.5 Å². The molecule has 6 heteroatoms. The number of carbonyl (C=O) groups excluding carboxylic acids is 1. The summed E-state index contributed by atoms with van der Waals surface area (Å²) in [5.41, 5.74) is 3.25. The van der Waals surface area contributed by atoms with E-state index < -0.39 is 0 Å². The predicted molar refractivity (Wildman–Crippen MR) is 98.3 cm³/mol. The summed E-state index contributed by atoms with van der Waals surface area (Å²) in [5, 5.41) is 15.0. The molecule has 0 saturated heterocycles. The van der Waals surface area contributed by atoms with E-state index in [4.69, 9.17) is 4.42 Å². The van der Waals surface area contributed by atoms with Crippen LogP contribution in [0.5, 0.6) is 0 Å². The number of benzene rings is 1. The topological polar surface area (TPSA) is 68.0 Å². The molecule has 1 aromatic carbocycles. The minimum atomic E-state index is -0.0114. The zero-order valence-corrected chi connectivity index (χ0v) is 15.2. The van der Waals surface area contributed by atoms with Crippen LogP contribution in [0.3, 0.4) is 0 Å². The lowest BCUT2D eigenvalue weighted by atomic mass is 10.0. The lowest BCUT2D eigenvalue weighted by Crippen LogP contribution is -2.28. The number of nitrogens with zero attached hydrogens (tertiary/aromatic N) is 2. The number of hydrogen-bond acceptors (Lipinski definition) is 5. The third-order valence-electron chi connectivity index (χ3n) is 4.02. The molecule has 2 aromatic heterocycles. The van der Waals surface area contributed by atoms with Crippen LogP contribution in [-0.2, 0) is 11.2 Å². The first-order chi connectivity index (χ1) is 12.2. The van der Waals surface area contributed by atoms with E-state index in [1.54, 1.807) is 11.3 Å². The van der Waals surface area contributed by atoms with Gasteiger partial charge in [0.2, 0.25) is 17.7 Å². The molecule has 3 aromatic rings. The molecule has 1 N–H and O–H groups in total. The van der Waals surface area contributed by atoms with Gasteiger partial charge in [-0.1, -0.05) is 36.8 Å². The maximum atomic E-state index is 12.3. The second kappa shape index (κ2) is 8.07. The fourth-order valence-electron chi connectivity index (χ4n) is 2.56. The van der Waals surface area contributed by atoms with Crippen molar-refractivity contribution in [3.05, 3.63) is 58.1 Å². The molecule has 1 amide bonds. The Morgan fingerprint density at radius 3 is 2.72 bits per heavy atom. The Kier molecular flexibility index (Phi) is 5.60. The lowest BCUT2D eigenvalue weighted by molar-refractivity contribution is -0.121. The summed E-state index contributed by atoms with van der Waals surface area (Å²) < 4.78 is 5.61. The molecular weight excluding hydrogens is 334 g/mol. The van der Waals surface area contributed by atoms with Crippen molar-refractivity contribution < 1.29 is 9.21 Å². The Bertz CT molecular complexity index is 810. The highest BCUT2D eigenvalue weighted by atomic mass is 32.1. The standard InChI is InChI=1S/C19H21N3O2S/c1-3-16(14-6-4-13(2)5-7-14)20-17(23)8-9-18-21-22-19(24-18)15-10-11-25-12-15/h4-7,10-12,16H,3,8-9H2,1-2H3,(H,20,23). The number of nitrogens with one attached hydrogen (secondary N) is 1. The molecule has 3 rings (SSSR count). The molecule has 0 saturated carbocycles. The van der Waals surface area contributed by atoms with E-state index in [-0.39, 0.29) is 11.9 Å². The van der Waals surface area contributed by atoms with Crippen molar-refractivity contribution in [1.29, 1.82) is 0 Å². The van der Waals surface area contributed by atoms with Crippen molar-refractivity contribution in [2.75, 3.05) is 0 Å². The molecule has 0 aliphatic carbocycles. The maximum Gasteiger partial charge on any atom is 0.248 e. The van der Waals surface area contributed by atoms with Crippen LogP contribution in [0.1, 0.15) is 42.8 Å². The van der Waals surface area contributed by atoms with Gasteiger partial charge in [-0.3, -0.25) is 4.79 Å². The zero-order valence-electron chi connectivity index (χ0n) is 14.4. The highest BCUT2D eigenvalue weighted by molar-refractivity contribution is 7.08. The van der Waals surface area contributed by atoms with Gasteiger partial charge in [0.1, 0.15) is 0 Å². The smallest absolute Gasteiger partial charge is 0.248 e. The van der Waals surface area contributed by atoms with Crippen LogP contribution in [0.2, 0.25) is 0 Å². The molecule has 130 valence electrons. The Balaban J connectivity index is 1.54. The number of rotatable bonds is 7. The van der Waals surface area contributed by atoms with E-state index >= 15 is 0 Å². The number of hydrogen-bond donors (Lipinski definition) is 1. The molecule has 5 nitrogen and oxygen atoms in total. The van der Waals surface area contributed by atoms with Crippen molar-refractivity contribution in [2.24, 2.45) is 0 Å². The zero-order chi connectivity index (χ0) is 17.6. The fourth-order valence-corrected chi connectivity index (χ4v) is 3.19. The largest absolute Gasteiger partial charge is 0.421 e. The Labute approximate surface area is 151 Å². The van der Waals surface area contributed by atoms with Crippen molar-refractivity contribution in [3.63, 3.8) is 0 Å². The van der Waals surface area contributed by atoms with Gasteiger partial charge in [-0.25, -0.2) is 0 Å². The average molecular weight is 355 g/mol. The third kappa shape index (κ3) is 4.54. The summed E-state index contributed by atoms with van der Waals surface area (Å²) in [4.78, 5) is 12.3. The van der Waals surface area contributed by atoms with Gasteiger partial charge in [-0.15, -0.1) is 10.2 Å². The van der Waals surface area contributed by atoms with E-state index in [0.717, 1.165) is 17.5 Å². The van der Waals surface area contributed by atoms with Crippen LogP contribution in [-0.4, -0.2) is 16.1 Å². The summed E-state index contributed by atoms with van der Waals surface area (Å²) in [6.45, 7) is 4.12. The first-order valence-corrected chi connectivity index (χ1v) is 9.31. The Morgan fingerprint density at radius 2 is 2.04 bits per heavy atom. The molecule has 25 heavy (non-hydrogen) atoms. The molecule has 0 spiro atoms. The van der Waals surface area contributed by atoms with Crippen molar-refractivity contribution in [2.45, 2.75) is 39.2 Å². The van der Waals surface area contributed by atoms with Crippen LogP contribution in [0.4, 0.5) is 0 Å². The average Bonchev–Trinajstić information content (AvgIpc) is 3.30. The van der Waals surface area contributed by atoms with E-state index in [1.807, 2.05) is 16.8 Å². The van der Waals surface area contributed by atoms with Crippen molar-refractivity contribution in [1.82, 2.24) is 15.5 Å². The number of carbonyl (C=O) groups is 1. The van der Waals surface area contributed by atoms with Gasteiger partial charge in [-0.05, 0) is 30.4 Å². The van der Waals surface area contributed by atoms with Crippen LogP contribution < -0.4 is 5.32 Å². The highest BCUT2D eigenvalue weighted by Gasteiger charge is 2.14. The maximum absolute atomic E-state index is 12.3. The van der Waals surface area contributed by atoms with Gasteiger partial charge in [0.25, 0.3) is 0 Å². The monoisotopic (exact) mass is 355 g/mol. The third-order valence-corrected chi connectivity index (χ3v) is 4.71. The lowest BCUT2D eigenvalue weighted by Gasteiger charge is -2.17. The van der Waals surface area contributed by atoms with Gasteiger partial charge < -0.3 is 9.73 Å². The molecule has 1 unspecified atom stereocenters. The van der Waals surface area contributed by atoms with Gasteiger partial charge in [0.05, 0.1) is 6.04 Å². The molecule has 0 fully saturated rings. The minimum Gasteiger partial charge on any atom is -0.421 e. The molecule has 0 aliphatic rings. The quantitative estimate of drug-likeness (QED) is 0.686. The minimum absolute atomic E-state index is 0.0114.